The van der Waals surface area contributed by atoms with Crippen LogP contribution in [0.2, 0.25) is 0 Å². The number of nitrogens with one attached hydrogen (secondary N) is 1. The lowest BCUT2D eigenvalue weighted by molar-refractivity contribution is -0.284. The van der Waals surface area contributed by atoms with Gasteiger partial charge in [0.25, 0.3) is 0 Å². The van der Waals surface area contributed by atoms with Crippen LogP contribution in [0.4, 0.5) is 26.7 Å². The first-order valence-corrected chi connectivity index (χ1v) is 17.6. The van der Waals surface area contributed by atoms with Crippen LogP contribution < -0.4 is 10.2 Å². The van der Waals surface area contributed by atoms with Gasteiger partial charge >= 0.3 is 18.2 Å². The van der Waals surface area contributed by atoms with E-state index in [1.165, 1.54) is 5.56 Å². The summed E-state index contributed by atoms with van der Waals surface area (Å²) in [5.74, 6) is -3.02. The maximum Gasteiger partial charge on any atom is 0.453 e. The van der Waals surface area contributed by atoms with Crippen molar-refractivity contribution in [3.8, 4) is 5.75 Å². The number of hydroxylamine groups is 1. The van der Waals surface area contributed by atoms with Crippen LogP contribution in [-0.2, 0) is 22.0 Å². The molecule has 3 fully saturated rings. The first-order valence-electron chi connectivity index (χ1n) is 16.1. The highest BCUT2D eigenvalue weighted by molar-refractivity contribution is 7.84. The molecule has 8 atom stereocenters. The Bertz CT molecular complexity index is 1230. The number of hydrogen-bond donors (Lipinski definition) is 2. The van der Waals surface area contributed by atoms with Crippen LogP contribution in [0.1, 0.15) is 82.3 Å². The van der Waals surface area contributed by atoms with Crippen molar-refractivity contribution in [3.63, 3.8) is 0 Å². The van der Waals surface area contributed by atoms with Crippen LogP contribution >= 0.6 is 0 Å². The molecule has 7 nitrogen and oxygen atoms in total. The summed E-state index contributed by atoms with van der Waals surface area (Å²) in [5.41, 5.74) is 4.87. The SMILES string of the molecule is CC1CN(C(=O)Oc2ccc3c(c2)C[C@@H](CCCS(=O)CCCC(F)(F)C(F)(F)F)[C@@H]2[C@@H]3CC[C@]3(C)C(NO)CC[C@@H]23)CCO1. The molecule has 0 aromatic heterocycles. The van der Waals surface area contributed by atoms with Crippen molar-refractivity contribution in [2.24, 2.45) is 23.2 Å². The van der Waals surface area contributed by atoms with E-state index in [2.05, 4.69) is 18.5 Å². The van der Waals surface area contributed by atoms with Gasteiger partial charge in [-0.15, -0.1) is 0 Å². The van der Waals surface area contributed by atoms with Gasteiger partial charge in [-0.3, -0.25) is 4.21 Å². The Balaban J connectivity index is 1.27. The predicted molar refractivity (Wildman–Crippen MR) is 159 cm³/mol. The summed E-state index contributed by atoms with van der Waals surface area (Å²) in [6.07, 6.45) is -2.06. The van der Waals surface area contributed by atoms with E-state index in [-0.39, 0.29) is 40.9 Å². The van der Waals surface area contributed by atoms with Crippen LogP contribution in [-0.4, -0.2) is 75.9 Å². The Hall–Kier alpha value is -1.83. The number of halogens is 5. The number of rotatable bonds is 10. The van der Waals surface area contributed by atoms with Crippen molar-refractivity contribution in [3.05, 3.63) is 29.3 Å². The van der Waals surface area contributed by atoms with Crippen LogP contribution in [0.25, 0.3) is 0 Å². The molecule has 1 amide bonds. The molecule has 1 aliphatic heterocycles. The van der Waals surface area contributed by atoms with E-state index in [9.17, 15) is 36.2 Å². The van der Waals surface area contributed by atoms with Gasteiger partial charge in [-0.05, 0) is 111 Å². The fourth-order valence-electron chi connectivity index (χ4n) is 8.68. The van der Waals surface area contributed by atoms with Gasteiger partial charge in [0.1, 0.15) is 5.75 Å². The summed E-state index contributed by atoms with van der Waals surface area (Å²) in [7, 11) is -1.49. The van der Waals surface area contributed by atoms with Crippen molar-refractivity contribution in [2.75, 3.05) is 31.2 Å². The fourth-order valence-corrected chi connectivity index (χ4v) is 9.84. The highest BCUT2D eigenvalue weighted by atomic mass is 32.2. The van der Waals surface area contributed by atoms with E-state index in [4.69, 9.17) is 9.47 Å². The molecule has 2 saturated carbocycles. The molecule has 1 heterocycles. The Morgan fingerprint density at radius 1 is 1.18 bits per heavy atom. The molecule has 13 heteroatoms. The molecule has 1 aromatic carbocycles. The first-order chi connectivity index (χ1) is 21.2. The third-order valence-electron chi connectivity index (χ3n) is 11.0. The minimum atomic E-state index is -5.60. The molecule has 0 spiro atoms. The van der Waals surface area contributed by atoms with Gasteiger partial charge in [-0.2, -0.15) is 22.0 Å². The second-order valence-corrected chi connectivity index (χ2v) is 15.4. The highest BCUT2D eigenvalue weighted by Crippen LogP contribution is 2.62. The topological polar surface area (TPSA) is 88.1 Å². The number of carbonyl (C=O) groups excluding carboxylic acids is 1. The number of benzene rings is 1. The summed E-state index contributed by atoms with van der Waals surface area (Å²) in [5, 5.41) is 9.92. The molecule has 1 aromatic rings. The number of ether oxygens (including phenoxy) is 2. The maximum atomic E-state index is 13.3. The second kappa shape index (κ2) is 13.7. The molecular weight excluding hydrogens is 619 g/mol. The lowest BCUT2D eigenvalue weighted by atomic mass is 9.52. The molecule has 45 heavy (non-hydrogen) atoms. The van der Waals surface area contributed by atoms with Crippen molar-refractivity contribution >= 4 is 16.9 Å². The average Bonchev–Trinajstić information content (AvgIpc) is 3.32. The minimum Gasteiger partial charge on any atom is -0.410 e. The van der Waals surface area contributed by atoms with E-state index in [0.29, 0.717) is 43.7 Å². The number of amides is 1. The summed E-state index contributed by atoms with van der Waals surface area (Å²) in [6, 6.07) is 5.92. The van der Waals surface area contributed by atoms with Gasteiger partial charge in [0.15, 0.2) is 0 Å². The fraction of sp³-hybridized carbons (Fsp3) is 0.781. The second-order valence-electron chi connectivity index (χ2n) is 13.7. The molecule has 0 bridgehead atoms. The smallest absolute Gasteiger partial charge is 0.410 e. The largest absolute Gasteiger partial charge is 0.453 e. The predicted octanol–water partition coefficient (Wildman–Crippen LogP) is 6.84. The summed E-state index contributed by atoms with van der Waals surface area (Å²) in [4.78, 5) is 14.5. The normalized spacial score (nSPS) is 32.4. The zero-order valence-corrected chi connectivity index (χ0v) is 26.7. The number of carbonyl (C=O) groups is 1. The van der Waals surface area contributed by atoms with E-state index in [1.54, 1.807) is 4.90 Å². The number of alkyl halides is 5. The van der Waals surface area contributed by atoms with E-state index < -0.39 is 41.8 Å². The monoisotopic (exact) mass is 664 g/mol. The zero-order chi connectivity index (χ0) is 32.6. The van der Waals surface area contributed by atoms with Gasteiger partial charge in [0.2, 0.25) is 0 Å². The Labute approximate surface area is 264 Å². The van der Waals surface area contributed by atoms with Crippen molar-refractivity contribution in [1.29, 1.82) is 0 Å². The lowest BCUT2D eigenvalue weighted by Crippen LogP contribution is -2.50. The molecule has 254 valence electrons. The standard InChI is InChI=1S/C32H45F5N2O5S/c1-20-19-39(13-14-43-20)29(40)44-23-6-7-24-22(18-23)17-21(5-3-15-45(42)16-4-11-31(33,34)32(35,36)37)28-25(24)10-12-30(2)26(28)8-9-27(30)38-41/h6-7,18,20-21,25-28,38,41H,3-5,8-17,19H2,1-2H3/t20?,21-,25-,26+,27?,28-,30+,45?/m1/s1. The number of morpholine rings is 1. The van der Waals surface area contributed by atoms with Crippen LogP contribution in [0.3, 0.4) is 0 Å². The first kappa shape index (κ1) is 34.5. The lowest BCUT2D eigenvalue weighted by Gasteiger charge is -2.53. The zero-order valence-electron chi connectivity index (χ0n) is 25.9. The quantitative estimate of drug-likeness (QED) is 0.210. The highest BCUT2D eigenvalue weighted by Gasteiger charge is 2.57. The van der Waals surface area contributed by atoms with Crippen LogP contribution in [0.5, 0.6) is 5.75 Å². The molecule has 5 rings (SSSR count). The Morgan fingerprint density at radius 2 is 1.93 bits per heavy atom. The van der Waals surface area contributed by atoms with Crippen LogP contribution in [0.15, 0.2) is 18.2 Å². The van der Waals surface area contributed by atoms with Gasteiger partial charge in [-0.1, -0.05) is 13.0 Å². The minimum absolute atomic E-state index is 0.0116. The van der Waals surface area contributed by atoms with Crippen molar-refractivity contribution in [1.82, 2.24) is 10.4 Å². The third-order valence-corrected chi connectivity index (χ3v) is 12.4. The van der Waals surface area contributed by atoms with E-state index in [0.717, 1.165) is 44.1 Å². The molecule has 1 saturated heterocycles. The van der Waals surface area contributed by atoms with E-state index >= 15 is 0 Å². The van der Waals surface area contributed by atoms with Gasteiger partial charge in [0, 0.05) is 41.3 Å². The van der Waals surface area contributed by atoms with Crippen molar-refractivity contribution in [2.45, 2.75) is 102 Å². The molecule has 2 N–H and O–H groups in total. The molecular formula is C32H45F5N2O5S. The molecule has 3 aliphatic carbocycles. The molecule has 4 aliphatic rings. The molecule has 0 radical (unpaired) electrons. The van der Waals surface area contributed by atoms with Crippen molar-refractivity contribution < 1.29 is 45.6 Å². The number of nitrogens with zero attached hydrogens (tertiary/aromatic N) is 1. The van der Waals surface area contributed by atoms with E-state index in [1.807, 2.05) is 19.1 Å². The summed E-state index contributed by atoms with van der Waals surface area (Å²) < 4.78 is 87.9. The van der Waals surface area contributed by atoms with Gasteiger partial charge < -0.3 is 19.6 Å². The number of hydrogen-bond acceptors (Lipinski definition) is 6. The maximum absolute atomic E-state index is 13.3. The Kier molecular flexibility index (Phi) is 10.5. The number of fused-ring (bicyclic) bond motifs is 5. The van der Waals surface area contributed by atoms with Gasteiger partial charge in [0.05, 0.1) is 19.3 Å². The third kappa shape index (κ3) is 7.36. The molecule has 3 unspecified atom stereocenters. The summed E-state index contributed by atoms with van der Waals surface area (Å²) >= 11 is 0. The summed E-state index contributed by atoms with van der Waals surface area (Å²) in [6.45, 7) is 5.56. The van der Waals surface area contributed by atoms with Crippen LogP contribution in [0, 0.1) is 23.2 Å². The Morgan fingerprint density at radius 3 is 2.64 bits per heavy atom. The van der Waals surface area contributed by atoms with Gasteiger partial charge in [-0.25, -0.2) is 10.3 Å². The average molecular weight is 665 g/mol.